The molecular weight excluding hydrogens is 404 g/mol. The van der Waals surface area contributed by atoms with Gasteiger partial charge in [-0.05, 0) is 35.2 Å². The minimum Gasteiger partial charge on any atom is -0.478 e. The molecule has 25 heavy (non-hydrogen) atoms. The predicted molar refractivity (Wildman–Crippen MR) is 105 cm³/mol. The van der Waals surface area contributed by atoms with Crippen molar-refractivity contribution in [3.63, 3.8) is 0 Å². The maximum absolute atomic E-state index is 12.4. The quantitative estimate of drug-likeness (QED) is 0.645. The highest BCUT2D eigenvalue weighted by molar-refractivity contribution is 9.10. The normalized spacial score (nSPS) is 15.7. The molecule has 0 saturated carbocycles. The summed E-state index contributed by atoms with van der Waals surface area (Å²) in [4.78, 5) is 23.7. The summed E-state index contributed by atoms with van der Waals surface area (Å²) in [5, 5.41) is 13.9. The topological polar surface area (TPSA) is 78.4 Å². The molecule has 1 heterocycles. The molecule has 1 aliphatic heterocycles. The first-order chi connectivity index (χ1) is 12.0. The fourth-order valence-electron chi connectivity index (χ4n) is 2.31. The van der Waals surface area contributed by atoms with Crippen LogP contribution in [0.25, 0.3) is 0 Å². The molecule has 5 nitrogen and oxygen atoms in total. The van der Waals surface area contributed by atoms with E-state index >= 15 is 0 Å². The first-order valence-corrected chi connectivity index (χ1v) is 9.67. The number of benzene rings is 2. The number of carboxylic acids is 1. The van der Waals surface area contributed by atoms with Gasteiger partial charge < -0.3 is 15.1 Å². The molecule has 0 aromatic heterocycles. The molecule has 2 aromatic carbocycles. The summed E-state index contributed by atoms with van der Waals surface area (Å²) in [6, 6.07) is 14.7. The van der Waals surface area contributed by atoms with Crippen LogP contribution in [0.4, 0.5) is 5.69 Å². The number of amides is 1. The third-order valence-electron chi connectivity index (χ3n) is 3.51. The van der Waals surface area contributed by atoms with Crippen LogP contribution in [-0.4, -0.2) is 22.4 Å². The number of carboxylic acid groups (broad SMARTS) is 1. The molecule has 0 spiro atoms. The van der Waals surface area contributed by atoms with Gasteiger partial charge in [0.05, 0.1) is 11.3 Å². The monoisotopic (exact) mass is 418 g/mol. The lowest BCUT2D eigenvalue weighted by molar-refractivity contribution is -0.113. The van der Waals surface area contributed by atoms with Gasteiger partial charge in [0.15, 0.2) is 0 Å². The Bertz CT molecular complexity index is 894. The zero-order chi connectivity index (χ0) is 17.8. The number of carbonyl (C=O) groups is 2. The summed E-state index contributed by atoms with van der Waals surface area (Å²) in [6.45, 7) is 0. The third kappa shape index (κ3) is 4.37. The van der Waals surface area contributed by atoms with E-state index in [-0.39, 0.29) is 27.8 Å². The van der Waals surface area contributed by atoms with E-state index in [0.29, 0.717) is 10.2 Å². The molecule has 1 amide bonds. The highest BCUT2D eigenvalue weighted by Gasteiger charge is 2.18. The number of nitrogens with one attached hydrogen (secondary N) is 2. The number of hydrogen-bond acceptors (Lipinski definition) is 3. The lowest BCUT2D eigenvalue weighted by Gasteiger charge is -2.12. The first-order valence-electron chi connectivity index (χ1n) is 7.42. The van der Waals surface area contributed by atoms with Crippen LogP contribution in [0.5, 0.6) is 0 Å². The van der Waals surface area contributed by atoms with Gasteiger partial charge in [-0.25, -0.2) is 4.79 Å². The molecule has 7 heteroatoms. The van der Waals surface area contributed by atoms with Gasteiger partial charge in [0.1, 0.15) is 5.70 Å². The largest absolute Gasteiger partial charge is 0.478 e. The van der Waals surface area contributed by atoms with Crippen molar-refractivity contribution in [1.82, 2.24) is 4.72 Å². The van der Waals surface area contributed by atoms with Crippen molar-refractivity contribution in [1.29, 1.82) is 0 Å². The molecule has 0 saturated heterocycles. The predicted octanol–water partition coefficient (Wildman–Crippen LogP) is 3.76. The molecule has 0 bridgehead atoms. The molecule has 3 rings (SSSR count). The smallest absolute Gasteiger partial charge is 0.337 e. The fourth-order valence-corrected chi connectivity index (χ4v) is 4.20. The average Bonchev–Trinajstić information content (AvgIpc) is 3.06. The Morgan fingerprint density at radius 1 is 1.16 bits per heavy atom. The Labute approximate surface area is 155 Å². The number of halogens is 1. The Kier molecular flexibility index (Phi) is 5.35. The molecule has 0 aliphatic carbocycles. The summed E-state index contributed by atoms with van der Waals surface area (Å²) < 4.78 is 3.82. The van der Waals surface area contributed by atoms with E-state index in [2.05, 4.69) is 26.0 Å². The van der Waals surface area contributed by atoms with Gasteiger partial charge in [0, 0.05) is 10.2 Å². The van der Waals surface area contributed by atoms with Crippen molar-refractivity contribution in [2.75, 3.05) is 5.32 Å². The minimum absolute atomic E-state index is 0.0357. The van der Waals surface area contributed by atoms with E-state index in [0.717, 1.165) is 5.75 Å². The molecule has 2 aromatic rings. The van der Waals surface area contributed by atoms with Crippen LogP contribution in [0.2, 0.25) is 0 Å². The van der Waals surface area contributed by atoms with E-state index in [1.807, 2.05) is 35.7 Å². The standard InChI is InChI=1S/C18H15BrN2O3S/c19-13-6-7-15(14(10-13)18(23)24)20-17(22)16-8-9-25(21-16)11-12-4-2-1-3-5-12/h1-10,21H,11H2,(H,20,22)(H,23,24). The van der Waals surface area contributed by atoms with E-state index in [9.17, 15) is 14.7 Å². The third-order valence-corrected chi connectivity index (χ3v) is 5.59. The maximum atomic E-state index is 12.4. The summed E-state index contributed by atoms with van der Waals surface area (Å²) in [5.74, 6) is -0.656. The van der Waals surface area contributed by atoms with Gasteiger partial charge in [-0.2, -0.15) is 0 Å². The molecule has 3 N–H and O–H groups in total. The van der Waals surface area contributed by atoms with Crippen molar-refractivity contribution in [3.05, 3.63) is 75.9 Å². The molecule has 1 aliphatic rings. The van der Waals surface area contributed by atoms with Crippen LogP contribution in [-0.2, 0) is 10.5 Å². The van der Waals surface area contributed by atoms with Crippen molar-refractivity contribution >= 4 is 49.5 Å². The van der Waals surface area contributed by atoms with Gasteiger partial charge in [0.2, 0.25) is 0 Å². The van der Waals surface area contributed by atoms with E-state index in [4.69, 9.17) is 0 Å². The van der Waals surface area contributed by atoms with Crippen LogP contribution in [0, 0.1) is 0 Å². The Hall–Kier alpha value is -2.38. The van der Waals surface area contributed by atoms with E-state index in [1.165, 1.54) is 11.6 Å². The average molecular weight is 419 g/mol. The molecule has 128 valence electrons. The van der Waals surface area contributed by atoms with Crippen LogP contribution in [0.3, 0.4) is 0 Å². The minimum atomic E-state index is -1.10. The lowest BCUT2D eigenvalue weighted by Crippen LogP contribution is -2.22. The number of allylic oxidation sites excluding steroid dienone is 1. The van der Waals surface area contributed by atoms with Gasteiger partial charge in [-0.1, -0.05) is 56.9 Å². The van der Waals surface area contributed by atoms with E-state index < -0.39 is 5.97 Å². The zero-order valence-corrected chi connectivity index (χ0v) is 15.4. The SMILES string of the molecule is O=C(Nc1ccc(Br)cc1C(=O)O)C1=CC=S(Cc2ccccc2)N1. The number of aromatic carboxylic acids is 1. The zero-order valence-electron chi connectivity index (χ0n) is 13.0. The molecule has 0 fully saturated rings. The van der Waals surface area contributed by atoms with Gasteiger partial charge in [0.25, 0.3) is 5.91 Å². The first kappa shape index (κ1) is 17.4. The van der Waals surface area contributed by atoms with E-state index in [1.54, 1.807) is 18.2 Å². The second-order valence-corrected chi connectivity index (χ2v) is 7.86. The fraction of sp³-hybridized carbons (Fsp3) is 0.0556. The van der Waals surface area contributed by atoms with Crippen LogP contribution in [0.15, 0.2) is 64.8 Å². The number of anilines is 1. The van der Waals surface area contributed by atoms with Gasteiger partial charge in [-0.15, -0.1) is 0 Å². The summed E-state index contributed by atoms with van der Waals surface area (Å²) in [5.41, 5.74) is 1.91. The second-order valence-electron chi connectivity index (χ2n) is 5.33. The summed E-state index contributed by atoms with van der Waals surface area (Å²) in [6.07, 6.45) is 1.74. The molecular formula is C18H15BrN2O3S. The Morgan fingerprint density at radius 3 is 2.64 bits per heavy atom. The molecule has 1 unspecified atom stereocenters. The van der Waals surface area contributed by atoms with Crippen molar-refractivity contribution < 1.29 is 14.7 Å². The van der Waals surface area contributed by atoms with Crippen LogP contribution < -0.4 is 10.0 Å². The van der Waals surface area contributed by atoms with Gasteiger partial charge >= 0.3 is 5.97 Å². The van der Waals surface area contributed by atoms with Crippen molar-refractivity contribution in [2.24, 2.45) is 0 Å². The Balaban J connectivity index is 1.65. The molecule has 1 atom stereocenters. The number of rotatable bonds is 5. The number of hydrogen-bond donors (Lipinski definition) is 3. The van der Waals surface area contributed by atoms with Crippen molar-refractivity contribution in [2.45, 2.75) is 5.75 Å². The Morgan fingerprint density at radius 2 is 1.92 bits per heavy atom. The lowest BCUT2D eigenvalue weighted by atomic mass is 10.2. The maximum Gasteiger partial charge on any atom is 0.337 e. The van der Waals surface area contributed by atoms with Gasteiger partial charge in [-0.3, -0.25) is 4.79 Å². The highest BCUT2D eigenvalue weighted by atomic mass is 79.9. The van der Waals surface area contributed by atoms with Crippen molar-refractivity contribution in [3.8, 4) is 0 Å². The summed E-state index contributed by atoms with van der Waals surface area (Å²) >= 11 is 3.23. The second kappa shape index (κ2) is 7.67. The van der Waals surface area contributed by atoms with Crippen LogP contribution >= 0.6 is 26.6 Å². The molecule has 0 radical (unpaired) electrons. The highest BCUT2D eigenvalue weighted by Crippen LogP contribution is 2.24. The number of carbonyl (C=O) groups excluding carboxylic acids is 1. The van der Waals surface area contributed by atoms with Crippen LogP contribution in [0.1, 0.15) is 15.9 Å². The summed E-state index contributed by atoms with van der Waals surface area (Å²) in [7, 11) is -0.257.